The molecule has 2 N–H and O–H groups in total. The van der Waals surface area contributed by atoms with E-state index in [4.69, 9.17) is 0 Å². The summed E-state index contributed by atoms with van der Waals surface area (Å²) >= 11 is 0. The zero-order valence-corrected chi connectivity index (χ0v) is 18.4. The molecular weight excluding hydrogens is 368 g/mol. The van der Waals surface area contributed by atoms with Gasteiger partial charge in [-0.1, -0.05) is 30.3 Å². The van der Waals surface area contributed by atoms with Gasteiger partial charge in [0.2, 0.25) is 11.8 Å². The van der Waals surface area contributed by atoms with E-state index in [9.17, 15) is 14.4 Å². The summed E-state index contributed by atoms with van der Waals surface area (Å²) in [6, 6.07) is 8.84. The van der Waals surface area contributed by atoms with E-state index in [1.54, 1.807) is 6.92 Å². The fraction of sp³-hybridized carbons (Fsp3) is 0.591. The van der Waals surface area contributed by atoms with Crippen molar-refractivity contribution < 1.29 is 14.4 Å². The monoisotopic (exact) mass is 402 g/mol. The fourth-order valence-corrected chi connectivity index (χ4v) is 3.44. The van der Waals surface area contributed by atoms with Gasteiger partial charge in [-0.05, 0) is 47.1 Å². The number of hydrogen-bond donors (Lipinski definition) is 2. The summed E-state index contributed by atoms with van der Waals surface area (Å²) < 4.78 is 0. The van der Waals surface area contributed by atoms with Gasteiger partial charge in [0.15, 0.2) is 0 Å². The van der Waals surface area contributed by atoms with Crippen LogP contribution in [0.15, 0.2) is 30.3 Å². The SMILES string of the molecule is CC(C(=O)NC(=O)NC(C)(C)C)N1CCN(C(=O)C(C)(C)c2ccccc2)CC1. The zero-order valence-electron chi connectivity index (χ0n) is 18.4. The Morgan fingerprint density at radius 3 is 2.00 bits per heavy atom. The molecule has 4 amide bonds. The molecule has 0 bridgehead atoms. The molecule has 0 saturated carbocycles. The van der Waals surface area contributed by atoms with Crippen molar-refractivity contribution >= 4 is 17.8 Å². The van der Waals surface area contributed by atoms with E-state index in [-0.39, 0.29) is 11.8 Å². The van der Waals surface area contributed by atoms with Crippen molar-refractivity contribution in [1.29, 1.82) is 0 Å². The van der Waals surface area contributed by atoms with Crippen LogP contribution in [0.5, 0.6) is 0 Å². The molecule has 1 aliphatic rings. The number of nitrogens with one attached hydrogen (secondary N) is 2. The summed E-state index contributed by atoms with van der Waals surface area (Å²) in [5.41, 5.74) is -0.0205. The molecule has 1 atom stereocenters. The summed E-state index contributed by atoms with van der Waals surface area (Å²) in [5, 5.41) is 5.12. The van der Waals surface area contributed by atoms with Crippen LogP contribution in [0.4, 0.5) is 4.79 Å². The molecule has 7 nitrogen and oxygen atoms in total. The molecule has 0 aromatic heterocycles. The van der Waals surface area contributed by atoms with Crippen LogP contribution in [0.25, 0.3) is 0 Å². The molecule has 1 fully saturated rings. The van der Waals surface area contributed by atoms with E-state index in [1.165, 1.54) is 0 Å². The third-order valence-corrected chi connectivity index (χ3v) is 5.28. The van der Waals surface area contributed by atoms with Crippen LogP contribution in [0.3, 0.4) is 0 Å². The second-order valence-corrected chi connectivity index (χ2v) is 9.19. The Hall–Kier alpha value is -2.41. The lowest BCUT2D eigenvalue weighted by molar-refractivity contribution is -0.138. The molecule has 1 aliphatic heterocycles. The maximum atomic E-state index is 13.1. The highest BCUT2D eigenvalue weighted by molar-refractivity contribution is 5.97. The summed E-state index contributed by atoms with van der Waals surface area (Å²) in [6.45, 7) is 13.5. The maximum absolute atomic E-state index is 13.1. The van der Waals surface area contributed by atoms with Gasteiger partial charge >= 0.3 is 6.03 Å². The molecule has 7 heteroatoms. The lowest BCUT2D eigenvalue weighted by atomic mass is 9.83. The Morgan fingerprint density at radius 2 is 1.48 bits per heavy atom. The highest BCUT2D eigenvalue weighted by Gasteiger charge is 2.36. The predicted octanol–water partition coefficient (Wildman–Crippen LogP) is 2.12. The second-order valence-electron chi connectivity index (χ2n) is 9.19. The smallest absolute Gasteiger partial charge is 0.321 e. The average Bonchev–Trinajstić information content (AvgIpc) is 2.66. The van der Waals surface area contributed by atoms with E-state index in [1.807, 2.05) is 74.8 Å². The average molecular weight is 403 g/mol. The number of hydrogen-bond acceptors (Lipinski definition) is 4. The summed E-state index contributed by atoms with van der Waals surface area (Å²) in [6.07, 6.45) is 0. The van der Waals surface area contributed by atoms with Crippen molar-refractivity contribution in [2.75, 3.05) is 26.2 Å². The van der Waals surface area contributed by atoms with Crippen LogP contribution < -0.4 is 10.6 Å². The minimum Gasteiger partial charge on any atom is -0.339 e. The number of imide groups is 1. The van der Waals surface area contributed by atoms with E-state index in [0.717, 1.165) is 5.56 Å². The number of carbonyl (C=O) groups excluding carboxylic acids is 3. The number of urea groups is 1. The normalized spacial score (nSPS) is 16.8. The molecule has 1 aromatic rings. The highest BCUT2D eigenvalue weighted by Crippen LogP contribution is 2.26. The standard InChI is InChI=1S/C22H34N4O3/c1-16(18(27)23-20(29)24-21(2,3)4)25-12-14-26(15-13-25)19(28)22(5,6)17-10-8-7-9-11-17/h7-11,16H,12-15H2,1-6H3,(H2,23,24,27,29). The minimum atomic E-state index is -0.600. The summed E-state index contributed by atoms with van der Waals surface area (Å²) in [7, 11) is 0. The molecule has 1 aromatic carbocycles. The largest absolute Gasteiger partial charge is 0.339 e. The van der Waals surface area contributed by atoms with Crippen LogP contribution >= 0.6 is 0 Å². The van der Waals surface area contributed by atoms with Gasteiger partial charge in [-0.15, -0.1) is 0 Å². The van der Waals surface area contributed by atoms with Crippen molar-refractivity contribution in [3.8, 4) is 0 Å². The third-order valence-electron chi connectivity index (χ3n) is 5.28. The lowest BCUT2D eigenvalue weighted by Crippen LogP contribution is -2.58. The van der Waals surface area contributed by atoms with Crippen molar-refractivity contribution in [1.82, 2.24) is 20.4 Å². The molecule has 1 unspecified atom stereocenters. The van der Waals surface area contributed by atoms with Gasteiger partial charge in [0.05, 0.1) is 11.5 Å². The van der Waals surface area contributed by atoms with Gasteiger partial charge in [-0.3, -0.25) is 19.8 Å². The van der Waals surface area contributed by atoms with Crippen molar-refractivity contribution in [2.45, 2.75) is 58.5 Å². The fourth-order valence-electron chi connectivity index (χ4n) is 3.44. The van der Waals surface area contributed by atoms with Crippen LogP contribution in [0.1, 0.15) is 47.1 Å². The first-order valence-electron chi connectivity index (χ1n) is 10.1. The zero-order chi connectivity index (χ0) is 21.8. The third kappa shape index (κ3) is 6.03. The van der Waals surface area contributed by atoms with E-state index >= 15 is 0 Å². The lowest BCUT2D eigenvalue weighted by Gasteiger charge is -2.40. The van der Waals surface area contributed by atoms with Crippen molar-refractivity contribution in [3.05, 3.63) is 35.9 Å². The Morgan fingerprint density at radius 1 is 0.931 bits per heavy atom. The predicted molar refractivity (Wildman–Crippen MR) is 114 cm³/mol. The topological polar surface area (TPSA) is 81.8 Å². The molecule has 1 saturated heterocycles. The molecule has 0 spiro atoms. The molecule has 0 aliphatic carbocycles. The Bertz CT molecular complexity index is 732. The van der Waals surface area contributed by atoms with Gasteiger partial charge in [0.1, 0.15) is 0 Å². The van der Waals surface area contributed by atoms with Crippen molar-refractivity contribution in [2.24, 2.45) is 0 Å². The van der Waals surface area contributed by atoms with Crippen LogP contribution in [0, 0.1) is 0 Å². The quantitative estimate of drug-likeness (QED) is 0.808. The van der Waals surface area contributed by atoms with Gasteiger partial charge in [0, 0.05) is 31.7 Å². The number of piperazine rings is 1. The second kappa shape index (κ2) is 8.95. The number of nitrogens with zero attached hydrogens (tertiary/aromatic N) is 2. The van der Waals surface area contributed by atoms with E-state index in [0.29, 0.717) is 26.2 Å². The van der Waals surface area contributed by atoms with Crippen LogP contribution in [-0.2, 0) is 15.0 Å². The van der Waals surface area contributed by atoms with E-state index in [2.05, 4.69) is 10.6 Å². The van der Waals surface area contributed by atoms with Gasteiger partial charge in [-0.2, -0.15) is 0 Å². The minimum absolute atomic E-state index is 0.0880. The van der Waals surface area contributed by atoms with Gasteiger partial charge in [0.25, 0.3) is 0 Å². The first-order chi connectivity index (χ1) is 13.4. The molecule has 1 heterocycles. The summed E-state index contributed by atoms with van der Waals surface area (Å²) in [5.74, 6) is -0.249. The van der Waals surface area contributed by atoms with E-state index < -0.39 is 23.0 Å². The van der Waals surface area contributed by atoms with Crippen molar-refractivity contribution in [3.63, 3.8) is 0 Å². The molecule has 0 radical (unpaired) electrons. The number of benzene rings is 1. The summed E-state index contributed by atoms with van der Waals surface area (Å²) in [4.78, 5) is 41.3. The Labute approximate surface area is 173 Å². The maximum Gasteiger partial charge on any atom is 0.321 e. The van der Waals surface area contributed by atoms with Crippen LogP contribution in [0.2, 0.25) is 0 Å². The number of rotatable bonds is 4. The molecule has 2 rings (SSSR count). The highest BCUT2D eigenvalue weighted by atomic mass is 16.2. The first kappa shape index (κ1) is 22.9. The molecule has 29 heavy (non-hydrogen) atoms. The van der Waals surface area contributed by atoms with Crippen LogP contribution in [-0.4, -0.2) is 65.4 Å². The first-order valence-corrected chi connectivity index (χ1v) is 10.1. The Balaban J connectivity index is 1.90. The molecule has 160 valence electrons. The molecular formula is C22H34N4O3. The van der Waals surface area contributed by atoms with Gasteiger partial charge < -0.3 is 10.2 Å². The number of carbonyl (C=O) groups is 3. The Kier molecular flexibility index (Phi) is 7.06. The van der Waals surface area contributed by atoms with Gasteiger partial charge in [-0.25, -0.2) is 4.79 Å². The number of amides is 4.